The number of benzene rings is 11. The number of rotatable bonds is 10. The molecular weight excluding hydrogens is 925 g/mol. The maximum Gasteiger partial charge on any atom is 0.0640 e. The van der Waals surface area contributed by atoms with Crippen LogP contribution in [0.2, 0.25) is 0 Å². The lowest BCUT2D eigenvalue weighted by Gasteiger charge is -2.26. The quantitative estimate of drug-likeness (QED) is 0.136. The summed E-state index contributed by atoms with van der Waals surface area (Å²) in [5.41, 5.74) is 14.7. The summed E-state index contributed by atoms with van der Waals surface area (Å²) in [6.45, 7) is 2.16. The highest BCUT2D eigenvalue weighted by Crippen LogP contribution is 2.47. The van der Waals surface area contributed by atoms with E-state index in [1.165, 1.54) is 62.4 Å². The third kappa shape index (κ3) is 7.42. The SMILES string of the molecule is Cc1cccc(N(c2ccccc2)c2ccc3c(c2)sc2ccc(N(c4ccccc4)c4ccc5c6cc(N(c7ccccc7)c7ccccc7)ccc6n(-c6cccc7c6sc6ccccc67)c5c4)cc23)c1. The summed E-state index contributed by atoms with van der Waals surface area (Å²) in [4.78, 5) is 7.14. The highest BCUT2D eigenvalue weighted by Gasteiger charge is 2.23. The van der Waals surface area contributed by atoms with Crippen molar-refractivity contribution in [2.24, 2.45) is 0 Å². The van der Waals surface area contributed by atoms with Crippen molar-refractivity contribution < 1.29 is 0 Å². The van der Waals surface area contributed by atoms with E-state index >= 15 is 0 Å². The van der Waals surface area contributed by atoms with Crippen molar-refractivity contribution >= 4 is 136 Å². The van der Waals surface area contributed by atoms with Crippen molar-refractivity contribution in [3.05, 3.63) is 266 Å². The molecule has 4 nitrogen and oxygen atoms in total. The van der Waals surface area contributed by atoms with Crippen LogP contribution in [-0.4, -0.2) is 4.57 Å². The molecule has 0 N–H and O–H groups in total. The average molecular weight is 971 g/mol. The van der Waals surface area contributed by atoms with Crippen LogP contribution >= 0.6 is 22.7 Å². The summed E-state index contributed by atoms with van der Waals surface area (Å²) >= 11 is 3.73. The maximum absolute atomic E-state index is 2.51. The molecule has 3 aromatic heterocycles. The van der Waals surface area contributed by atoms with Crippen molar-refractivity contribution in [2.45, 2.75) is 6.92 Å². The smallest absolute Gasteiger partial charge is 0.0640 e. The van der Waals surface area contributed by atoms with Crippen LogP contribution in [-0.2, 0) is 0 Å². The third-order valence-electron chi connectivity index (χ3n) is 14.1. The Morgan fingerprint density at radius 2 is 0.740 bits per heavy atom. The first-order chi connectivity index (χ1) is 36.1. The highest BCUT2D eigenvalue weighted by atomic mass is 32.1. The van der Waals surface area contributed by atoms with E-state index in [4.69, 9.17) is 0 Å². The van der Waals surface area contributed by atoms with E-state index in [0.717, 1.165) is 62.2 Å². The lowest BCUT2D eigenvalue weighted by molar-refractivity contribution is 1.19. The number of thiophene rings is 2. The zero-order valence-electron chi connectivity index (χ0n) is 39.9. The van der Waals surface area contributed by atoms with Crippen LogP contribution in [0.3, 0.4) is 0 Å². The minimum atomic E-state index is 1.08. The van der Waals surface area contributed by atoms with Crippen LogP contribution in [0.15, 0.2) is 261 Å². The normalized spacial score (nSPS) is 11.6. The largest absolute Gasteiger partial charge is 0.310 e. The monoisotopic (exact) mass is 970 g/mol. The van der Waals surface area contributed by atoms with Gasteiger partial charge in [0.05, 0.1) is 21.4 Å². The molecule has 0 aliphatic rings. The van der Waals surface area contributed by atoms with Crippen molar-refractivity contribution in [2.75, 3.05) is 14.7 Å². The highest BCUT2D eigenvalue weighted by molar-refractivity contribution is 7.26. The summed E-state index contributed by atoms with van der Waals surface area (Å²) < 4.78 is 7.59. The lowest BCUT2D eigenvalue weighted by atomic mass is 10.1. The van der Waals surface area contributed by atoms with E-state index in [9.17, 15) is 0 Å². The molecule has 0 saturated heterocycles. The minimum absolute atomic E-state index is 1.08. The second-order valence-corrected chi connectivity index (χ2v) is 20.8. The number of aromatic nitrogens is 1. The van der Waals surface area contributed by atoms with Gasteiger partial charge in [-0.15, -0.1) is 22.7 Å². The number of anilines is 9. The van der Waals surface area contributed by atoms with Gasteiger partial charge in [-0.25, -0.2) is 0 Å². The number of hydrogen-bond acceptors (Lipinski definition) is 5. The van der Waals surface area contributed by atoms with Crippen LogP contribution in [0, 0.1) is 6.92 Å². The predicted octanol–water partition coefficient (Wildman–Crippen LogP) is 20.2. The maximum atomic E-state index is 2.51. The molecule has 0 saturated carbocycles. The Morgan fingerprint density at radius 3 is 1.40 bits per heavy atom. The molecule has 0 atom stereocenters. The Bertz CT molecular complexity index is 4310. The molecular formula is C67H46N4S2. The van der Waals surface area contributed by atoms with Gasteiger partial charge in [-0.2, -0.15) is 0 Å². The topological polar surface area (TPSA) is 14.7 Å². The first kappa shape index (κ1) is 42.9. The van der Waals surface area contributed by atoms with Crippen molar-refractivity contribution in [1.82, 2.24) is 4.57 Å². The van der Waals surface area contributed by atoms with Gasteiger partial charge in [0.15, 0.2) is 0 Å². The van der Waals surface area contributed by atoms with Crippen LogP contribution in [0.4, 0.5) is 51.2 Å². The summed E-state index contributed by atoms with van der Waals surface area (Å²) in [7, 11) is 0. The Labute approximate surface area is 431 Å². The van der Waals surface area contributed by atoms with E-state index in [0.29, 0.717) is 0 Å². The third-order valence-corrected chi connectivity index (χ3v) is 16.5. The van der Waals surface area contributed by atoms with Gasteiger partial charge in [-0.3, -0.25) is 0 Å². The number of para-hydroxylation sites is 4. The van der Waals surface area contributed by atoms with E-state index in [1.807, 2.05) is 22.7 Å². The number of nitrogens with zero attached hydrogens (tertiary/aromatic N) is 4. The van der Waals surface area contributed by atoms with Gasteiger partial charge in [0.2, 0.25) is 0 Å². The molecule has 0 unspecified atom stereocenters. The number of fused-ring (bicyclic) bond motifs is 9. The fourth-order valence-corrected chi connectivity index (χ4v) is 13.2. The fourth-order valence-electron chi connectivity index (χ4n) is 10.9. The standard InChI is InChI=1S/C67H46N4S2/c1-45-18-16-27-50(40-45)69(48-23-10-4-11-24-48)54-33-37-57-60-42-52(35-39-65(60)72-66(57)44-54)70(49-25-12-5-13-26-49)53-32-36-55-59-41-51(68(46-19-6-2-7-20-46)47-21-8-3-9-22-47)34-38-61(59)71(63(55)43-53)62-30-17-29-58-56-28-14-15-31-64(56)73-67(58)62/h2-44H,1H3. The first-order valence-corrected chi connectivity index (χ1v) is 26.4. The molecule has 73 heavy (non-hydrogen) atoms. The molecule has 0 aliphatic carbocycles. The van der Waals surface area contributed by atoms with E-state index < -0.39 is 0 Å². The molecule has 14 rings (SSSR count). The van der Waals surface area contributed by atoms with Gasteiger partial charge in [0.25, 0.3) is 0 Å². The Hall–Kier alpha value is -8.94. The summed E-state index contributed by atoms with van der Waals surface area (Å²) in [6.07, 6.45) is 0. The molecule has 3 heterocycles. The molecule has 0 aliphatic heterocycles. The van der Waals surface area contributed by atoms with Gasteiger partial charge in [-0.05, 0) is 146 Å². The molecule has 11 aromatic carbocycles. The van der Waals surface area contributed by atoms with Crippen molar-refractivity contribution in [3.8, 4) is 5.69 Å². The predicted molar refractivity (Wildman–Crippen MR) is 315 cm³/mol. The Balaban J connectivity index is 0.958. The zero-order chi connectivity index (χ0) is 48.4. The van der Waals surface area contributed by atoms with Crippen molar-refractivity contribution in [1.29, 1.82) is 0 Å². The van der Waals surface area contributed by atoms with Crippen LogP contribution < -0.4 is 14.7 Å². The molecule has 0 spiro atoms. The number of aryl methyl sites for hydroxylation is 1. The van der Waals surface area contributed by atoms with Crippen molar-refractivity contribution in [3.63, 3.8) is 0 Å². The zero-order valence-corrected chi connectivity index (χ0v) is 41.6. The van der Waals surface area contributed by atoms with Crippen LogP contribution in [0.1, 0.15) is 5.56 Å². The van der Waals surface area contributed by atoms with Crippen LogP contribution in [0.5, 0.6) is 0 Å². The molecule has 0 fully saturated rings. The van der Waals surface area contributed by atoms with E-state index in [1.54, 1.807) is 0 Å². The van der Waals surface area contributed by atoms with Gasteiger partial charge in [-0.1, -0.05) is 127 Å². The van der Waals surface area contributed by atoms with Gasteiger partial charge >= 0.3 is 0 Å². The molecule has 6 heteroatoms. The second-order valence-electron chi connectivity index (χ2n) is 18.6. The average Bonchev–Trinajstić information content (AvgIpc) is 4.12. The fraction of sp³-hybridized carbons (Fsp3) is 0.0149. The molecule has 0 bridgehead atoms. The van der Waals surface area contributed by atoms with Gasteiger partial charge in [0.1, 0.15) is 0 Å². The number of hydrogen-bond donors (Lipinski definition) is 0. The molecule has 346 valence electrons. The van der Waals surface area contributed by atoms with E-state index in [2.05, 4.69) is 287 Å². The van der Waals surface area contributed by atoms with Gasteiger partial charge in [0, 0.05) is 97.6 Å². The summed E-state index contributed by atoms with van der Waals surface area (Å²) in [6, 6.07) is 95.2. The Kier molecular flexibility index (Phi) is 10.4. The second kappa shape index (κ2) is 17.7. The van der Waals surface area contributed by atoms with E-state index in [-0.39, 0.29) is 0 Å². The summed E-state index contributed by atoms with van der Waals surface area (Å²) in [5.74, 6) is 0. The summed E-state index contributed by atoms with van der Waals surface area (Å²) in [5, 5.41) is 7.44. The lowest BCUT2D eigenvalue weighted by Crippen LogP contribution is -2.10. The van der Waals surface area contributed by atoms with Crippen LogP contribution in [0.25, 0.3) is 67.8 Å². The molecule has 0 radical (unpaired) electrons. The van der Waals surface area contributed by atoms with Gasteiger partial charge < -0.3 is 19.3 Å². The first-order valence-electron chi connectivity index (χ1n) is 24.7. The minimum Gasteiger partial charge on any atom is -0.310 e. The Morgan fingerprint density at radius 1 is 0.274 bits per heavy atom. The molecule has 14 aromatic rings. The molecule has 0 amide bonds.